The minimum absolute atomic E-state index is 0.0283. The number of nitrogens with one attached hydrogen (secondary N) is 1. The zero-order valence-corrected chi connectivity index (χ0v) is 15.6. The third-order valence-electron chi connectivity index (χ3n) is 5.09. The summed E-state index contributed by atoms with van der Waals surface area (Å²) in [5, 5.41) is 13.7. The van der Waals surface area contributed by atoms with Gasteiger partial charge in [-0.1, -0.05) is 6.92 Å². The standard InChI is InChI=1S/C19H24N4O3/c1-5-11(7-24)23-17-16-15(20-9-21-17)14-12-6-19(3,4)25-8-13(12)10(2)22-18(14)26-16/h9,11,24H,5-8H2,1-4H3,(H,20,21,23)/t11-/m0/s1. The molecule has 0 saturated heterocycles. The molecule has 0 aromatic carbocycles. The van der Waals surface area contributed by atoms with Crippen LogP contribution in [0.1, 0.15) is 44.0 Å². The van der Waals surface area contributed by atoms with Crippen molar-refractivity contribution in [1.82, 2.24) is 15.0 Å². The molecule has 1 aliphatic heterocycles. The van der Waals surface area contributed by atoms with Crippen LogP contribution in [0.25, 0.3) is 22.2 Å². The first kappa shape index (κ1) is 17.2. The van der Waals surface area contributed by atoms with E-state index in [1.165, 1.54) is 11.9 Å². The molecule has 7 heteroatoms. The first-order valence-electron chi connectivity index (χ1n) is 9.00. The van der Waals surface area contributed by atoms with Gasteiger partial charge >= 0.3 is 0 Å². The maximum atomic E-state index is 9.49. The average Bonchev–Trinajstić information content (AvgIpc) is 2.97. The predicted octanol–water partition coefficient (Wildman–Crippen LogP) is 3.11. The number of aliphatic hydroxyl groups is 1. The van der Waals surface area contributed by atoms with Gasteiger partial charge in [-0.15, -0.1) is 0 Å². The predicted molar refractivity (Wildman–Crippen MR) is 99.2 cm³/mol. The van der Waals surface area contributed by atoms with Crippen LogP contribution >= 0.6 is 0 Å². The quantitative estimate of drug-likeness (QED) is 0.742. The maximum absolute atomic E-state index is 9.49. The molecular weight excluding hydrogens is 332 g/mol. The molecule has 0 fully saturated rings. The van der Waals surface area contributed by atoms with Crippen molar-refractivity contribution in [3.05, 3.63) is 23.1 Å². The first-order chi connectivity index (χ1) is 12.4. The summed E-state index contributed by atoms with van der Waals surface area (Å²) in [5.41, 5.74) is 4.91. The normalized spacial score (nSPS) is 17.4. The molecule has 0 amide bonds. The van der Waals surface area contributed by atoms with E-state index in [0.717, 1.165) is 35.0 Å². The fourth-order valence-corrected chi connectivity index (χ4v) is 3.54. The van der Waals surface area contributed by atoms with Crippen molar-refractivity contribution in [1.29, 1.82) is 0 Å². The van der Waals surface area contributed by atoms with E-state index >= 15 is 0 Å². The monoisotopic (exact) mass is 356 g/mol. The van der Waals surface area contributed by atoms with Crippen molar-refractivity contribution in [3.63, 3.8) is 0 Å². The minimum Gasteiger partial charge on any atom is -0.432 e. The lowest BCUT2D eigenvalue weighted by molar-refractivity contribution is -0.0400. The Morgan fingerprint density at radius 2 is 2.12 bits per heavy atom. The third-order valence-corrected chi connectivity index (χ3v) is 5.09. The number of hydrogen-bond donors (Lipinski definition) is 2. The number of nitrogens with zero attached hydrogens (tertiary/aromatic N) is 3. The topological polar surface area (TPSA) is 93.3 Å². The molecule has 0 saturated carbocycles. The van der Waals surface area contributed by atoms with Crippen LogP contribution in [-0.4, -0.2) is 38.3 Å². The molecule has 0 bridgehead atoms. The molecule has 1 aliphatic rings. The van der Waals surface area contributed by atoms with Crippen LogP contribution in [0.3, 0.4) is 0 Å². The van der Waals surface area contributed by atoms with Crippen molar-refractivity contribution >= 4 is 28.0 Å². The van der Waals surface area contributed by atoms with Gasteiger partial charge in [-0.05, 0) is 32.8 Å². The van der Waals surface area contributed by atoms with Gasteiger partial charge in [0.05, 0.1) is 30.2 Å². The molecule has 26 heavy (non-hydrogen) atoms. The van der Waals surface area contributed by atoms with Crippen LogP contribution < -0.4 is 5.32 Å². The van der Waals surface area contributed by atoms with E-state index in [4.69, 9.17) is 9.15 Å². The summed E-state index contributed by atoms with van der Waals surface area (Å²) >= 11 is 0. The van der Waals surface area contributed by atoms with Crippen LogP contribution in [0.2, 0.25) is 0 Å². The largest absolute Gasteiger partial charge is 0.432 e. The van der Waals surface area contributed by atoms with Gasteiger partial charge in [0.2, 0.25) is 5.71 Å². The molecule has 3 aromatic rings. The lowest BCUT2D eigenvalue weighted by Crippen LogP contribution is -2.32. The summed E-state index contributed by atoms with van der Waals surface area (Å²) in [4.78, 5) is 13.5. The number of aryl methyl sites for hydroxylation is 1. The van der Waals surface area contributed by atoms with E-state index in [1.54, 1.807) is 0 Å². The highest BCUT2D eigenvalue weighted by Crippen LogP contribution is 2.39. The third kappa shape index (κ3) is 2.71. The first-order valence-corrected chi connectivity index (χ1v) is 9.00. The van der Waals surface area contributed by atoms with E-state index in [0.29, 0.717) is 23.7 Å². The Bertz CT molecular complexity index is 976. The summed E-state index contributed by atoms with van der Waals surface area (Å²) in [6, 6.07) is -0.0859. The molecule has 4 heterocycles. The Kier molecular flexibility index (Phi) is 4.08. The van der Waals surface area contributed by atoms with Crippen LogP contribution in [-0.2, 0) is 17.8 Å². The van der Waals surface area contributed by atoms with Crippen molar-refractivity contribution in [2.75, 3.05) is 11.9 Å². The Morgan fingerprint density at radius 3 is 2.85 bits per heavy atom. The molecule has 138 valence electrons. The molecule has 4 rings (SSSR count). The molecule has 0 spiro atoms. The summed E-state index contributed by atoms with van der Waals surface area (Å²) in [6.07, 6.45) is 3.08. The summed E-state index contributed by atoms with van der Waals surface area (Å²) in [7, 11) is 0. The van der Waals surface area contributed by atoms with Gasteiger partial charge in [-0.25, -0.2) is 15.0 Å². The highest BCUT2D eigenvalue weighted by Gasteiger charge is 2.31. The van der Waals surface area contributed by atoms with Crippen molar-refractivity contribution in [2.24, 2.45) is 0 Å². The van der Waals surface area contributed by atoms with Gasteiger partial charge in [0.25, 0.3) is 0 Å². The second-order valence-electron chi connectivity index (χ2n) is 7.49. The number of aliphatic hydroxyl groups excluding tert-OH is 1. The van der Waals surface area contributed by atoms with E-state index in [1.807, 2.05) is 13.8 Å². The number of anilines is 1. The van der Waals surface area contributed by atoms with Crippen molar-refractivity contribution < 1.29 is 14.3 Å². The Balaban J connectivity index is 1.96. The highest BCUT2D eigenvalue weighted by molar-refractivity contribution is 6.06. The summed E-state index contributed by atoms with van der Waals surface area (Å²) < 4.78 is 12.0. The van der Waals surface area contributed by atoms with Gasteiger partial charge < -0.3 is 19.6 Å². The fourth-order valence-electron chi connectivity index (χ4n) is 3.54. The van der Waals surface area contributed by atoms with Gasteiger partial charge in [-0.2, -0.15) is 0 Å². The van der Waals surface area contributed by atoms with Gasteiger partial charge in [0.1, 0.15) is 11.8 Å². The van der Waals surface area contributed by atoms with Gasteiger partial charge in [-0.3, -0.25) is 0 Å². The molecule has 0 unspecified atom stereocenters. The van der Waals surface area contributed by atoms with E-state index in [-0.39, 0.29) is 18.2 Å². The number of rotatable bonds is 4. The lowest BCUT2D eigenvalue weighted by atomic mass is 9.89. The minimum atomic E-state index is -0.240. The highest BCUT2D eigenvalue weighted by atomic mass is 16.5. The fraction of sp³-hybridized carbons (Fsp3) is 0.526. The second-order valence-corrected chi connectivity index (χ2v) is 7.49. The second kappa shape index (κ2) is 6.17. The molecule has 0 aliphatic carbocycles. The van der Waals surface area contributed by atoms with E-state index < -0.39 is 0 Å². The lowest BCUT2D eigenvalue weighted by Gasteiger charge is -2.32. The molecule has 7 nitrogen and oxygen atoms in total. The number of hydrogen-bond acceptors (Lipinski definition) is 7. The Morgan fingerprint density at radius 1 is 1.31 bits per heavy atom. The average molecular weight is 356 g/mol. The van der Waals surface area contributed by atoms with Crippen molar-refractivity contribution in [2.45, 2.75) is 58.8 Å². The number of furan rings is 1. The van der Waals surface area contributed by atoms with Crippen molar-refractivity contribution in [3.8, 4) is 0 Å². The zero-order chi connectivity index (χ0) is 18.5. The molecule has 0 radical (unpaired) electrons. The number of aromatic nitrogens is 3. The smallest absolute Gasteiger partial charge is 0.229 e. The van der Waals surface area contributed by atoms with Crippen LogP contribution in [0.15, 0.2) is 10.7 Å². The van der Waals surface area contributed by atoms with Crippen LogP contribution in [0.4, 0.5) is 5.82 Å². The molecular formula is C19H24N4O3. The Hall–Kier alpha value is -2.25. The molecule has 2 N–H and O–H groups in total. The Labute approximate surface area is 151 Å². The molecule has 1 atom stereocenters. The van der Waals surface area contributed by atoms with Crippen LogP contribution in [0.5, 0.6) is 0 Å². The summed E-state index contributed by atoms with van der Waals surface area (Å²) in [6.45, 7) is 8.75. The van der Waals surface area contributed by atoms with Gasteiger partial charge in [0, 0.05) is 17.7 Å². The number of pyridine rings is 1. The number of fused-ring (bicyclic) bond motifs is 5. The molecule has 3 aromatic heterocycles. The van der Waals surface area contributed by atoms with E-state index in [2.05, 4.69) is 34.1 Å². The van der Waals surface area contributed by atoms with Crippen LogP contribution in [0, 0.1) is 6.92 Å². The van der Waals surface area contributed by atoms with E-state index in [9.17, 15) is 5.11 Å². The zero-order valence-electron chi connectivity index (χ0n) is 15.6. The maximum Gasteiger partial charge on any atom is 0.229 e. The SMILES string of the molecule is CC[C@@H](CO)Nc1ncnc2c1oc1nc(C)c3c(c12)CC(C)(C)OC3. The summed E-state index contributed by atoms with van der Waals surface area (Å²) in [5.74, 6) is 0.589. The number of ether oxygens (including phenoxy) is 1. The van der Waals surface area contributed by atoms with Gasteiger partial charge in [0.15, 0.2) is 11.4 Å².